The van der Waals surface area contributed by atoms with E-state index in [9.17, 15) is 4.79 Å². The fourth-order valence-corrected chi connectivity index (χ4v) is 2.59. The van der Waals surface area contributed by atoms with Crippen molar-refractivity contribution in [1.29, 1.82) is 0 Å². The number of fused-ring (bicyclic) bond motifs is 1. The number of pyridine rings is 2. The van der Waals surface area contributed by atoms with Crippen LogP contribution in [0.25, 0.3) is 10.9 Å². The van der Waals surface area contributed by atoms with Crippen LogP contribution in [0.1, 0.15) is 11.4 Å². The molecule has 0 saturated heterocycles. The van der Waals surface area contributed by atoms with E-state index in [1.165, 1.54) is 0 Å². The maximum absolute atomic E-state index is 12.1. The second kappa shape index (κ2) is 6.73. The minimum absolute atomic E-state index is 0.0159. The van der Waals surface area contributed by atoms with E-state index in [2.05, 4.69) is 15.3 Å². The average molecular weight is 314 g/mol. The Hall–Kier alpha value is -2.17. The molecule has 0 aliphatic heterocycles. The molecule has 2 heterocycles. The van der Waals surface area contributed by atoms with Crippen LogP contribution in [0.2, 0.25) is 5.02 Å². The highest BCUT2D eigenvalue weighted by Crippen LogP contribution is 2.18. The third-order valence-electron chi connectivity index (χ3n) is 3.47. The van der Waals surface area contributed by atoms with E-state index >= 15 is 0 Å². The Morgan fingerprint density at radius 3 is 2.91 bits per heavy atom. The predicted octanol–water partition coefficient (Wildman–Crippen LogP) is 2.91. The molecule has 0 saturated carbocycles. The van der Waals surface area contributed by atoms with Crippen LogP contribution in [0.4, 0.5) is 0 Å². The van der Waals surface area contributed by atoms with Gasteiger partial charge in [-0.05, 0) is 24.3 Å². The van der Waals surface area contributed by atoms with Crippen LogP contribution in [0.3, 0.4) is 0 Å². The molecule has 1 aromatic carbocycles. The largest absolute Gasteiger partial charge is 0.356 e. The van der Waals surface area contributed by atoms with Crippen molar-refractivity contribution in [1.82, 2.24) is 15.3 Å². The summed E-state index contributed by atoms with van der Waals surface area (Å²) < 4.78 is 0. The van der Waals surface area contributed by atoms with Gasteiger partial charge in [0.05, 0.1) is 10.5 Å². The molecule has 0 fully saturated rings. The topological polar surface area (TPSA) is 57.8 Å². The third-order valence-corrected chi connectivity index (χ3v) is 3.78. The summed E-state index contributed by atoms with van der Waals surface area (Å²) >= 11 is 6.14. The average Bonchev–Trinajstić information content (AvgIpc) is 2.54. The summed E-state index contributed by atoms with van der Waals surface area (Å²) in [6.45, 7) is 1.38. The number of nitrogens with one attached hydrogen (secondary N) is 2. The molecule has 112 valence electrons. The molecule has 0 amide bonds. The van der Waals surface area contributed by atoms with Crippen LogP contribution in [0, 0.1) is 0 Å². The Kier molecular flexibility index (Phi) is 4.51. The van der Waals surface area contributed by atoms with Gasteiger partial charge in [-0.3, -0.25) is 9.78 Å². The van der Waals surface area contributed by atoms with Crippen LogP contribution < -0.4 is 10.7 Å². The highest BCUT2D eigenvalue weighted by molar-refractivity contribution is 6.35. The molecule has 0 spiro atoms. The lowest BCUT2D eigenvalue weighted by molar-refractivity contribution is 0.670. The van der Waals surface area contributed by atoms with E-state index in [0.29, 0.717) is 22.5 Å². The molecule has 0 aliphatic carbocycles. The van der Waals surface area contributed by atoms with Crippen LogP contribution in [-0.2, 0) is 13.0 Å². The molecule has 2 aromatic heterocycles. The number of rotatable bonds is 5. The number of hydrogen-bond donors (Lipinski definition) is 2. The van der Waals surface area contributed by atoms with E-state index in [4.69, 9.17) is 11.6 Å². The standard InChI is InChI=1S/C17H16ClN3O/c18-15-6-3-5-14-16(22)10-13(21-17(14)15)11-19-9-7-12-4-1-2-8-20-12/h1-6,8,10,19H,7,9,11H2,(H,21,22). The summed E-state index contributed by atoms with van der Waals surface area (Å²) in [5.74, 6) is 0. The number of aromatic nitrogens is 2. The van der Waals surface area contributed by atoms with Crippen molar-refractivity contribution in [2.24, 2.45) is 0 Å². The van der Waals surface area contributed by atoms with E-state index in [1.807, 2.05) is 18.2 Å². The van der Waals surface area contributed by atoms with Gasteiger partial charge >= 0.3 is 0 Å². The van der Waals surface area contributed by atoms with Crippen molar-refractivity contribution < 1.29 is 0 Å². The summed E-state index contributed by atoms with van der Waals surface area (Å²) in [5, 5.41) is 4.48. The Bertz CT molecular complexity index is 830. The highest BCUT2D eigenvalue weighted by atomic mass is 35.5. The van der Waals surface area contributed by atoms with Crippen molar-refractivity contribution in [3.63, 3.8) is 0 Å². The van der Waals surface area contributed by atoms with Gasteiger partial charge in [-0.15, -0.1) is 0 Å². The lowest BCUT2D eigenvalue weighted by atomic mass is 10.2. The zero-order valence-electron chi connectivity index (χ0n) is 12.0. The number of aromatic amines is 1. The maximum Gasteiger partial charge on any atom is 0.189 e. The molecule has 22 heavy (non-hydrogen) atoms. The number of benzene rings is 1. The van der Waals surface area contributed by atoms with Crippen LogP contribution in [0.5, 0.6) is 0 Å². The van der Waals surface area contributed by atoms with Gasteiger partial charge in [0.1, 0.15) is 0 Å². The number of para-hydroxylation sites is 1. The Balaban J connectivity index is 1.67. The van der Waals surface area contributed by atoms with E-state index in [0.717, 1.165) is 24.4 Å². The zero-order valence-corrected chi connectivity index (χ0v) is 12.7. The van der Waals surface area contributed by atoms with Crippen LogP contribution >= 0.6 is 11.6 Å². The minimum Gasteiger partial charge on any atom is -0.356 e. The number of H-pyrrole nitrogens is 1. The second-order valence-corrected chi connectivity index (χ2v) is 5.48. The van der Waals surface area contributed by atoms with E-state index in [1.54, 1.807) is 30.5 Å². The van der Waals surface area contributed by atoms with Crippen molar-refractivity contribution in [3.8, 4) is 0 Å². The van der Waals surface area contributed by atoms with Gasteiger partial charge in [-0.25, -0.2) is 0 Å². The lowest BCUT2D eigenvalue weighted by Crippen LogP contribution is -2.19. The molecule has 3 aromatic rings. The molecule has 0 radical (unpaired) electrons. The predicted molar refractivity (Wildman–Crippen MR) is 89.2 cm³/mol. The van der Waals surface area contributed by atoms with E-state index in [-0.39, 0.29) is 5.43 Å². The van der Waals surface area contributed by atoms with Gasteiger partial charge in [0.2, 0.25) is 0 Å². The summed E-state index contributed by atoms with van der Waals surface area (Å²) in [4.78, 5) is 19.6. The smallest absolute Gasteiger partial charge is 0.189 e. The summed E-state index contributed by atoms with van der Waals surface area (Å²) in [5.41, 5.74) is 2.55. The second-order valence-electron chi connectivity index (χ2n) is 5.07. The molecule has 0 bridgehead atoms. The van der Waals surface area contributed by atoms with Gasteiger partial charge in [-0.1, -0.05) is 23.7 Å². The molecule has 4 nitrogen and oxygen atoms in total. The molecule has 0 aliphatic rings. The van der Waals surface area contributed by atoms with Gasteiger partial charge in [0.15, 0.2) is 5.43 Å². The Morgan fingerprint density at radius 2 is 2.09 bits per heavy atom. The fourth-order valence-electron chi connectivity index (χ4n) is 2.37. The van der Waals surface area contributed by atoms with Gasteiger partial charge in [-0.2, -0.15) is 0 Å². The highest BCUT2D eigenvalue weighted by Gasteiger charge is 2.05. The van der Waals surface area contributed by atoms with Crippen molar-refractivity contribution in [2.45, 2.75) is 13.0 Å². The lowest BCUT2D eigenvalue weighted by Gasteiger charge is -2.07. The first kappa shape index (κ1) is 14.8. The maximum atomic E-state index is 12.1. The van der Waals surface area contributed by atoms with Gasteiger partial charge in [0.25, 0.3) is 0 Å². The monoisotopic (exact) mass is 313 g/mol. The SMILES string of the molecule is O=c1cc(CNCCc2ccccn2)[nH]c2c(Cl)cccc12. The molecular weight excluding hydrogens is 298 g/mol. The molecule has 3 rings (SSSR count). The van der Waals surface area contributed by atoms with Gasteiger partial charge < -0.3 is 10.3 Å². The van der Waals surface area contributed by atoms with Gasteiger partial charge in [0, 0.05) is 48.5 Å². The normalized spacial score (nSPS) is 11.0. The first-order valence-corrected chi connectivity index (χ1v) is 7.53. The molecular formula is C17H16ClN3O. The molecule has 0 unspecified atom stereocenters. The minimum atomic E-state index is -0.0159. The zero-order chi connectivity index (χ0) is 15.4. The van der Waals surface area contributed by atoms with Crippen molar-refractivity contribution >= 4 is 22.5 Å². The Labute approximate surface area is 133 Å². The third kappa shape index (κ3) is 3.35. The molecule has 0 atom stereocenters. The summed E-state index contributed by atoms with van der Waals surface area (Å²) in [6, 6.07) is 12.8. The van der Waals surface area contributed by atoms with E-state index < -0.39 is 0 Å². The fraction of sp³-hybridized carbons (Fsp3) is 0.176. The summed E-state index contributed by atoms with van der Waals surface area (Å²) in [7, 11) is 0. The Morgan fingerprint density at radius 1 is 1.18 bits per heavy atom. The number of halogens is 1. The number of hydrogen-bond acceptors (Lipinski definition) is 3. The molecule has 5 heteroatoms. The first-order chi connectivity index (χ1) is 10.7. The van der Waals surface area contributed by atoms with Crippen molar-refractivity contribution in [3.05, 3.63) is 75.3 Å². The number of nitrogens with zero attached hydrogens (tertiary/aromatic N) is 1. The van der Waals surface area contributed by atoms with Crippen molar-refractivity contribution in [2.75, 3.05) is 6.54 Å². The molecule has 2 N–H and O–H groups in total. The van der Waals surface area contributed by atoms with Crippen LogP contribution in [-0.4, -0.2) is 16.5 Å². The van der Waals surface area contributed by atoms with Crippen LogP contribution in [0.15, 0.2) is 53.5 Å². The first-order valence-electron chi connectivity index (χ1n) is 7.15. The quantitative estimate of drug-likeness (QED) is 0.712. The summed E-state index contributed by atoms with van der Waals surface area (Å²) in [6.07, 6.45) is 2.64.